The molecule has 6 nitrogen and oxygen atoms in total. The number of fused-ring (bicyclic) bond motifs is 1. The molecule has 0 bridgehead atoms. The summed E-state index contributed by atoms with van der Waals surface area (Å²) in [5.74, 6) is -3.71. The van der Waals surface area contributed by atoms with E-state index in [2.05, 4.69) is 0 Å². The molecule has 1 N–H and O–H groups in total. The largest absolute Gasteiger partial charge is 0.481 e. The lowest BCUT2D eigenvalue weighted by atomic mass is 10.1. The Morgan fingerprint density at radius 3 is 2.24 bits per heavy atom. The van der Waals surface area contributed by atoms with E-state index in [0.717, 1.165) is 6.07 Å². The lowest BCUT2D eigenvalue weighted by Gasteiger charge is -2.45. The zero-order chi connectivity index (χ0) is 25.0. The SMILES string of the molecule is CC1CN(c2ccc(C(F)(F)F)c(F)c2)CC(C)N1S(=O)(=O)[C@@H]1c2ccccc2C[C@@H]1C(=O)O. The third-order valence-corrected chi connectivity index (χ3v) is 9.09. The van der Waals surface area contributed by atoms with Gasteiger partial charge < -0.3 is 10.0 Å². The molecule has 1 saturated heterocycles. The standard InChI is InChI=1S/C23H24F4N2O4S/c1-13-11-28(16-7-8-19(20(24)10-16)23(25,26)27)12-14(2)29(13)34(32,33)21-17-6-4-3-5-15(17)9-18(21)22(30)31/h3-8,10,13-14,18,21H,9,11-12H2,1-2H3,(H,30,31)/t13?,14?,18-,21+/m0/s1. The van der Waals surface area contributed by atoms with Crippen LogP contribution in [0, 0.1) is 11.7 Å². The zero-order valence-electron chi connectivity index (χ0n) is 18.5. The van der Waals surface area contributed by atoms with Crippen molar-refractivity contribution < 1.29 is 35.9 Å². The molecule has 0 amide bonds. The van der Waals surface area contributed by atoms with Crippen LogP contribution in [0.15, 0.2) is 42.5 Å². The third kappa shape index (κ3) is 4.15. The number of piperazine rings is 1. The second-order valence-corrected chi connectivity index (χ2v) is 10.9. The van der Waals surface area contributed by atoms with Gasteiger partial charge in [0.1, 0.15) is 11.1 Å². The van der Waals surface area contributed by atoms with Crippen LogP contribution in [0.4, 0.5) is 23.2 Å². The number of sulfonamides is 1. The molecule has 0 aromatic heterocycles. The van der Waals surface area contributed by atoms with Crippen molar-refractivity contribution in [1.82, 2.24) is 4.31 Å². The zero-order valence-corrected chi connectivity index (χ0v) is 19.3. The second kappa shape index (κ2) is 8.53. The fourth-order valence-corrected chi connectivity index (χ4v) is 7.80. The van der Waals surface area contributed by atoms with Crippen LogP contribution < -0.4 is 4.90 Å². The molecule has 2 aliphatic rings. The molecule has 1 heterocycles. The molecule has 184 valence electrons. The van der Waals surface area contributed by atoms with Gasteiger partial charge in [-0.2, -0.15) is 17.5 Å². The van der Waals surface area contributed by atoms with E-state index in [1.807, 2.05) is 0 Å². The van der Waals surface area contributed by atoms with Gasteiger partial charge in [0.25, 0.3) is 0 Å². The quantitative estimate of drug-likeness (QED) is 0.641. The van der Waals surface area contributed by atoms with E-state index in [1.165, 1.54) is 10.4 Å². The van der Waals surface area contributed by atoms with E-state index in [4.69, 9.17) is 0 Å². The lowest BCUT2D eigenvalue weighted by molar-refractivity contribution is -0.142. The average Bonchev–Trinajstić information content (AvgIpc) is 3.13. The van der Waals surface area contributed by atoms with Crippen LogP contribution in [-0.2, 0) is 27.4 Å². The van der Waals surface area contributed by atoms with Gasteiger partial charge in [-0.3, -0.25) is 4.79 Å². The first kappa shape index (κ1) is 24.5. The molecular weight excluding hydrogens is 476 g/mol. The van der Waals surface area contributed by atoms with Crippen LogP contribution in [0.2, 0.25) is 0 Å². The highest BCUT2D eigenvalue weighted by molar-refractivity contribution is 7.89. The van der Waals surface area contributed by atoms with Crippen molar-refractivity contribution >= 4 is 21.7 Å². The fraction of sp³-hybridized carbons (Fsp3) is 0.435. The Bertz CT molecular complexity index is 1210. The van der Waals surface area contributed by atoms with E-state index in [9.17, 15) is 35.9 Å². The van der Waals surface area contributed by atoms with Crippen LogP contribution in [0.25, 0.3) is 0 Å². The summed E-state index contributed by atoms with van der Waals surface area (Å²) in [6, 6.07) is 8.18. The Morgan fingerprint density at radius 2 is 1.68 bits per heavy atom. The normalized spacial score (nSPS) is 25.9. The smallest absolute Gasteiger partial charge is 0.419 e. The molecule has 2 aromatic rings. The van der Waals surface area contributed by atoms with E-state index in [0.29, 0.717) is 17.2 Å². The Hall–Kier alpha value is -2.66. The van der Waals surface area contributed by atoms with E-state index in [1.54, 1.807) is 43.0 Å². The molecule has 2 aromatic carbocycles. The highest BCUT2D eigenvalue weighted by Gasteiger charge is 2.50. The Labute approximate surface area is 194 Å². The molecule has 0 saturated carbocycles. The summed E-state index contributed by atoms with van der Waals surface area (Å²) in [5.41, 5.74) is 0.0123. The van der Waals surface area contributed by atoms with Gasteiger partial charge in [0.15, 0.2) is 0 Å². The predicted octanol–water partition coefficient (Wildman–Crippen LogP) is 4.07. The van der Waals surface area contributed by atoms with Gasteiger partial charge in [0.05, 0.1) is 11.5 Å². The number of halogens is 4. The fourth-order valence-electron chi connectivity index (χ4n) is 5.23. The van der Waals surface area contributed by atoms with Crippen molar-refractivity contribution in [2.45, 2.75) is 43.8 Å². The molecule has 34 heavy (non-hydrogen) atoms. The van der Waals surface area contributed by atoms with Crippen molar-refractivity contribution in [1.29, 1.82) is 0 Å². The van der Waals surface area contributed by atoms with Crippen molar-refractivity contribution in [2.24, 2.45) is 5.92 Å². The maximum atomic E-state index is 14.1. The van der Waals surface area contributed by atoms with Crippen LogP contribution in [0.5, 0.6) is 0 Å². The minimum Gasteiger partial charge on any atom is -0.481 e. The number of carboxylic acid groups (broad SMARTS) is 1. The Kier molecular flexibility index (Phi) is 6.14. The van der Waals surface area contributed by atoms with Crippen molar-refractivity contribution in [3.8, 4) is 0 Å². The molecule has 0 radical (unpaired) electrons. The summed E-state index contributed by atoms with van der Waals surface area (Å²) in [5, 5.41) is 8.50. The number of hydrogen-bond donors (Lipinski definition) is 1. The number of rotatable bonds is 4. The van der Waals surface area contributed by atoms with Gasteiger partial charge in [-0.25, -0.2) is 12.8 Å². The molecule has 4 atom stereocenters. The number of aliphatic carboxylic acids is 1. The number of hydrogen-bond acceptors (Lipinski definition) is 4. The summed E-state index contributed by atoms with van der Waals surface area (Å²) in [6.07, 6.45) is -4.70. The number of nitrogens with zero attached hydrogens (tertiary/aromatic N) is 2. The maximum absolute atomic E-state index is 14.1. The molecule has 2 unspecified atom stereocenters. The molecule has 1 aliphatic heterocycles. The van der Waals surface area contributed by atoms with Gasteiger partial charge in [-0.15, -0.1) is 0 Å². The highest BCUT2D eigenvalue weighted by Crippen LogP contribution is 2.45. The number of alkyl halides is 3. The summed E-state index contributed by atoms with van der Waals surface area (Å²) in [6.45, 7) is 3.52. The number of carboxylic acids is 1. The topological polar surface area (TPSA) is 77.9 Å². The molecular formula is C23H24F4N2O4S. The van der Waals surface area contributed by atoms with Gasteiger partial charge in [0.2, 0.25) is 10.0 Å². The minimum atomic E-state index is -4.81. The first-order valence-electron chi connectivity index (χ1n) is 10.8. The number of carbonyl (C=O) groups is 1. The third-order valence-electron chi connectivity index (χ3n) is 6.56. The van der Waals surface area contributed by atoms with Crippen LogP contribution >= 0.6 is 0 Å². The molecule has 1 aliphatic carbocycles. The number of benzene rings is 2. The van der Waals surface area contributed by atoms with Gasteiger partial charge in [-0.05, 0) is 49.6 Å². The van der Waals surface area contributed by atoms with Crippen LogP contribution in [-0.4, -0.2) is 49.0 Å². The van der Waals surface area contributed by atoms with Crippen molar-refractivity contribution in [3.63, 3.8) is 0 Å². The van der Waals surface area contributed by atoms with E-state index >= 15 is 0 Å². The molecule has 11 heteroatoms. The van der Waals surface area contributed by atoms with Crippen molar-refractivity contribution in [2.75, 3.05) is 18.0 Å². The second-order valence-electron chi connectivity index (χ2n) is 8.91. The maximum Gasteiger partial charge on any atom is 0.419 e. The van der Waals surface area contributed by atoms with Crippen LogP contribution in [0.3, 0.4) is 0 Å². The molecule has 0 spiro atoms. The van der Waals surface area contributed by atoms with Crippen LogP contribution in [0.1, 0.15) is 35.8 Å². The highest BCUT2D eigenvalue weighted by atomic mass is 32.2. The first-order valence-corrected chi connectivity index (χ1v) is 12.3. The summed E-state index contributed by atoms with van der Waals surface area (Å²) < 4.78 is 81.7. The summed E-state index contributed by atoms with van der Waals surface area (Å²) in [4.78, 5) is 13.6. The van der Waals surface area contributed by atoms with E-state index in [-0.39, 0.29) is 25.2 Å². The first-order chi connectivity index (χ1) is 15.8. The van der Waals surface area contributed by atoms with Gasteiger partial charge in [-0.1, -0.05) is 24.3 Å². The molecule has 1 fully saturated rings. The summed E-state index contributed by atoms with van der Waals surface area (Å²) in [7, 11) is -4.10. The Balaban J connectivity index is 1.63. The minimum absolute atomic E-state index is 0.112. The predicted molar refractivity (Wildman–Crippen MR) is 117 cm³/mol. The van der Waals surface area contributed by atoms with Gasteiger partial charge in [0, 0.05) is 30.9 Å². The average molecular weight is 501 g/mol. The van der Waals surface area contributed by atoms with Crippen molar-refractivity contribution in [3.05, 3.63) is 65.0 Å². The van der Waals surface area contributed by atoms with E-state index < -0.39 is 56.8 Å². The molecule has 4 rings (SSSR count). The monoisotopic (exact) mass is 500 g/mol. The van der Waals surface area contributed by atoms with Gasteiger partial charge >= 0.3 is 12.1 Å². The lowest BCUT2D eigenvalue weighted by Crippen LogP contribution is -2.59. The number of anilines is 1. The summed E-state index contributed by atoms with van der Waals surface area (Å²) >= 11 is 0. The Morgan fingerprint density at radius 1 is 1.06 bits per heavy atom.